The van der Waals surface area contributed by atoms with Crippen molar-refractivity contribution in [3.05, 3.63) is 28.2 Å². The van der Waals surface area contributed by atoms with Crippen LogP contribution in [0.4, 0.5) is 0 Å². The van der Waals surface area contributed by atoms with Gasteiger partial charge in [0.2, 0.25) is 0 Å². The van der Waals surface area contributed by atoms with Gasteiger partial charge in [0.15, 0.2) is 0 Å². The Morgan fingerprint density at radius 1 is 1.27 bits per heavy atom. The Labute approximate surface area is 153 Å². The number of nitrogens with one attached hydrogen (secondary N) is 1. The molecule has 0 amide bonds. The maximum atomic E-state index is 5.51. The predicted molar refractivity (Wildman–Crippen MR) is 84.3 cm³/mol. The van der Waals surface area contributed by atoms with E-state index in [4.69, 9.17) is 9.47 Å². The Balaban J connectivity index is 0.00000220. The van der Waals surface area contributed by atoms with E-state index in [1.807, 2.05) is 13.0 Å². The Morgan fingerprint density at radius 3 is 2.64 bits per heavy atom. The first-order valence-electron chi connectivity index (χ1n) is 7.21. The fraction of sp³-hybridized carbons (Fsp3) is 0.600. The molecule has 0 atom stereocenters. The summed E-state index contributed by atoms with van der Waals surface area (Å²) in [6, 6.07) is 6.25. The van der Waals surface area contributed by atoms with Crippen molar-refractivity contribution in [3.63, 3.8) is 0 Å². The number of hydrogen-bond donors (Lipinski definition) is 1. The topological polar surface area (TPSA) is 33.7 Å². The van der Waals surface area contributed by atoms with Crippen LogP contribution in [0.2, 0.25) is 0 Å². The Kier molecular flexibility index (Phi) is 12.4. The highest BCUT2D eigenvalue weighted by molar-refractivity contribution is 9.10. The molecule has 2 rings (SSSR count). The number of nitrogens with zero attached hydrogens (tertiary/aromatic N) is 1. The van der Waals surface area contributed by atoms with Crippen molar-refractivity contribution in [2.24, 2.45) is 0 Å². The summed E-state index contributed by atoms with van der Waals surface area (Å²) in [6.45, 7) is 9.50. The minimum Gasteiger partial charge on any atom is -1.00 e. The van der Waals surface area contributed by atoms with Gasteiger partial charge in [0.25, 0.3) is 0 Å². The molecule has 1 N–H and O–H groups in total. The van der Waals surface area contributed by atoms with Gasteiger partial charge in [0.05, 0.1) is 24.3 Å². The summed E-state index contributed by atoms with van der Waals surface area (Å²) in [7, 11) is 0. The van der Waals surface area contributed by atoms with Gasteiger partial charge in [0.1, 0.15) is 5.75 Å². The van der Waals surface area contributed by atoms with Crippen LogP contribution < -0.4 is 34.9 Å². The molecule has 7 heteroatoms. The number of ether oxygens (including phenoxy) is 2. The van der Waals surface area contributed by atoms with Crippen molar-refractivity contribution in [1.29, 1.82) is 0 Å². The number of morpholine rings is 1. The first-order chi connectivity index (χ1) is 9.79. The molecule has 0 saturated carbocycles. The van der Waals surface area contributed by atoms with E-state index in [1.54, 1.807) is 0 Å². The lowest BCUT2D eigenvalue weighted by Gasteiger charge is -2.26. The fourth-order valence-electron chi connectivity index (χ4n) is 2.22. The summed E-state index contributed by atoms with van der Waals surface area (Å²) in [5, 5.41) is 3.48. The van der Waals surface area contributed by atoms with Gasteiger partial charge in [0, 0.05) is 32.7 Å². The monoisotopic (exact) mass is 412 g/mol. The van der Waals surface area contributed by atoms with E-state index in [0.29, 0.717) is 6.61 Å². The number of halogens is 3. The maximum Gasteiger partial charge on any atom is 0.133 e. The molecule has 1 saturated heterocycles. The largest absolute Gasteiger partial charge is 1.00 e. The average Bonchev–Trinajstić information content (AvgIpc) is 2.48. The third kappa shape index (κ3) is 7.49. The van der Waals surface area contributed by atoms with E-state index in [9.17, 15) is 0 Å². The third-order valence-electron chi connectivity index (χ3n) is 3.33. The molecule has 1 aromatic rings. The summed E-state index contributed by atoms with van der Waals surface area (Å²) in [5.74, 6) is 0.907. The Morgan fingerprint density at radius 2 is 2.00 bits per heavy atom. The van der Waals surface area contributed by atoms with Crippen LogP contribution in [0.1, 0.15) is 12.5 Å². The van der Waals surface area contributed by atoms with Gasteiger partial charge in [-0.3, -0.25) is 4.90 Å². The zero-order valence-corrected chi connectivity index (χ0v) is 15.9. The fourth-order valence-corrected chi connectivity index (χ4v) is 2.76. The summed E-state index contributed by atoms with van der Waals surface area (Å²) in [5.41, 5.74) is 1.27. The molecule has 1 aliphatic heterocycles. The van der Waals surface area contributed by atoms with Crippen LogP contribution in [-0.4, -0.2) is 50.9 Å². The second-order valence-electron chi connectivity index (χ2n) is 4.83. The second-order valence-corrected chi connectivity index (χ2v) is 5.68. The molecule has 1 aromatic carbocycles. The van der Waals surface area contributed by atoms with Crippen molar-refractivity contribution < 1.29 is 34.3 Å². The molecular formula is C15H23BrCl2N2O2-2. The summed E-state index contributed by atoms with van der Waals surface area (Å²) in [6.07, 6.45) is 0. The molecular weight excluding hydrogens is 391 g/mol. The lowest BCUT2D eigenvalue weighted by molar-refractivity contribution is -0.001000. The molecule has 22 heavy (non-hydrogen) atoms. The van der Waals surface area contributed by atoms with E-state index in [1.165, 1.54) is 5.56 Å². The van der Waals surface area contributed by atoms with Gasteiger partial charge in [-0.1, -0.05) is 6.07 Å². The summed E-state index contributed by atoms with van der Waals surface area (Å²) >= 11 is 3.54. The van der Waals surface area contributed by atoms with E-state index >= 15 is 0 Å². The summed E-state index contributed by atoms with van der Waals surface area (Å²) in [4.78, 5) is 2.44. The van der Waals surface area contributed by atoms with Crippen LogP contribution >= 0.6 is 15.9 Å². The van der Waals surface area contributed by atoms with Crippen LogP contribution in [0.5, 0.6) is 5.75 Å². The first kappa shape index (κ1) is 22.0. The van der Waals surface area contributed by atoms with Gasteiger partial charge >= 0.3 is 0 Å². The van der Waals surface area contributed by atoms with Crippen molar-refractivity contribution in [1.82, 2.24) is 10.2 Å². The lowest BCUT2D eigenvalue weighted by atomic mass is 10.2. The Hall–Kier alpha value is -0.0400. The molecule has 0 aliphatic carbocycles. The van der Waals surface area contributed by atoms with Crippen LogP contribution in [0, 0.1) is 0 Å². The predicted octanol–water partition coefficient (Wildman–Crippen LogP) is -3.72. The van der Waals surface area contributed by atoms with Crippen molar-refractivity contribution in [2.75, 3.05) is 46.0 Å². The maximum absolute atomic E-state index is 5.51. The minimum atomic E-state index is 0. The molecule has 1 fully saturated rings. The van der Waals surface area contributed by atoms with Crippen LogP contribution in [0.3, 0.4) is 0 Å². The highest BCUT2D eigenvalue weighted by atomic mass is 79.9. The molecule has 0 radical (unpaired) electrons. The highest BCUT2D eigenvalue weighted by Crippen LogP contribution is 2.25. The highest BCUT2D eigenvalue weighted by Gasteiger charge is 2.09. The molecule has 0 unspecified atom stereocenters. The van der Waals surface area contributed by atoms with Crippen molar-refractivity contribution in [3.8, 4) is 5.75 Å². The number of hydrogen-bond acceptors (Lipinski definition) is 4. The van der Waals surface area contributed by atoms with Gasteiger partial charge in [-0.15, -0.1) is 0 Å². The van der Waals surface area contributed by atoms with E-state index in [0.717, 1.165) is 56.2 Å². The molecule has 128 valence electrons. The Bertz CT molecular complexity index is 419. The zero-order chi connectivity index (χ0) is 14.2. The van der Waals surface area contributed by atoms with E-state index < -0.39 is 0 Å². The summed E-state index contributed by atoms with van der Waals surface area (Å²) < 4.78 is 11.9. The molecule has 4 nitrogen and oxygen atoms in total. The zero-order valence-electron chi connectivity index (χ0n) is 12.8. The SMILES string of the molecule is CCOc1ccc(CNCCN2CCOCC2)cc1Br.[Cl-].[Cl-]. The molecule has 0 spiro atoms. The molecule has 1 aliphatic rings. The first-order valence-corrected chi connectivity index (χ1v) is 8.01. The van der Waals surface area contributed by atoms with Crippen molar-refractivity contribution in [2.45, 2.75) is 13.5 Å². The average molecular weight is 414 g/mol. The van der Waals surface area contributed by atoms with Gasteiger partial charge in [-0.25, -0.2) is 0 Å². The normalized spacial score (nSPS) is 14.8. The minimum absolute atomic E-state index is 0. The van der Waals surface area contributed by atoms with Crippen LogP contribution in [0.25, 0.3) is 0 Å². The third-order valence-corrected chi connectivity index (χ3v) is 3.95. The molecule has 0 bridgehead atoms. The van der Waals surface area contributed by atoms with E-state index in [-0.39, 0.29) is 24.8 Å². The number of benzene rings is 1. The van der Waals surface area contributed by atoms with Crippen molar-refractivity contribution >= 4 is 15.9 Å². The van der Waals surface area contributed by atoms with Gasteiger partial charge < -0.3 is 39.6 Å². The van der Waals surface area contributed by atoms with E-state index in [2.05, 4.69) is 38.3 Å². The quantitative estimate of drug-likeness (QED) is 0.466. The smallest absolute Gasteiger partial charge is 0.133 e. The van der Waals surface area contributed by atoms with Gasteiger partial charge in [-0.2, -0.15) is 0 Å². The van der Waals surface area contributed by atoms with Crippen LogP contribution in [-0.2, 0) is 11.3 Å². The molecule has 1 heterocycles. The number of rotatable bonds is 7. The van der Waals surface area contributed by atoms with Gasteiger partial charge in [-0.05, 0) is 40.5 Å². The molecule has 0 aromatic heterocycles. The second kappa shape index (κ2) is 12.4. The standard InChI is InChI=1S/C15H23BrN2O2.2ClH/c1-2-20-15-4-3-13(11-14(15)16)12-17-5-6-18-7-9-19-10-8-18;;/h3-4,11,17H,2,5-10,12H2,1H3;2*1H/p-2. The lowest BCUT2D eigenvalue weighted by Crippen LogP contribution is -3.00. The van der Waals surface area contributed by atoms with Crippen LogP contribution in [0.15, 0.2) is 22.7 Å².